The molecule has 6 heteroatoms. The number of hydrogen-bond acceptors (Lipinski definition) is 5. The third-order valence-corrected chi connectivity index (χ3v) is 4.07. The highest BCUT2D eigenvalue weighted by atomic mass is 32.1. The second kappa shape index (κ2) is 5.06. The molecule has 0 atom stereocenters. The maximum atomic E-state index is 5.49. The van der Waals surface area contributed by atoms with Gasteiger partial charge in [-0.05, 0) is 23.6 Å². The molecule has 0 bridgehead atoms. The molecule has 4 aromatic heterocycles. The molecule has 4 aromatic rings. The Morgan fingerprint density at radius 1 is 1.29 bits per heavy atom. The van der Waals surface area contributed by atoms with Crippen LogP contribution >= 0.6 is 11.3 Å². The van der Waals surface area contributed by atoms with E-state index in [1.807, 2.05) is 28.8 Å². The molecule has 0 amide bonds. The van der Waals surface area contributed by atoms with Crippen molar-refractivity contribution in [3.63, 3.8) is 0 Å². The molecule has 5 nitrogen and oxygen atoms in total. The third kappa shape index (κ3) is 2.19. The van der Waals surface area contributed by atoms with Crippen LogP contribution in [0.3, 0.4) is 0 Å². The Bertz CT molecular complexity index is 849. The fourth-order valence-electron chi connectivity index (χ4n) is 2.24. The van der Waals surface area contributed by atoms with E-state index in [1.54, 1.807) is 30.0 Å². The lowest BCUT2D eigenvalue weighted by Crippen LogP contribution is -2.02. The summed E-state index contributed by atoms with van der Waals surface area (Å²) >= 11 is 1.73. The largest absolute Gasteiger partial charge is 0.463 e. The van der Waals surface area contributed by atoms with E-state index in [0.717, 1.165) is 29.5 Å². The molecule has 0 aliphatic heterocycles. The van der Waals surface area contributed by atoms with Gasteiger partial charge in [-0.25, -0.2) is 4.98 Å². The van der Waals surface area contributed by atoms with Gasteiger partial charge >= 0.3 is 0 Å². The molecule has 21 heavy (non-hydrogen) atoms. The molecule has 0 aliphatic rings. The monoisotopic (exact) mass is 296 g/mol. The van der Waals surface area contributed by atoms with Crippen molar-refractivity contribution in [2.75, 3.05) is 5.32 Å². The normalized spacial score (nSPS) is 11.0. The van der Waals surface area contributed by atoms with E-state index in [0.29, 0.717) is 0 Å². The van der Waals surface area contributed by atoms with E-state index in [2.05, 4.69) is 26.7 Å². The summed E-state index contributed by atoms with van der Waals surface area (Å²) in [5.41, 5.74) is 1.59. The summed E-state index contributed by atoms with van der Waals surface area (Å²) in [6, 6.07) is 7.93. The lowest BCUT2D eigenvalue weighted by atomic mass is 10.3. The van der Waals surface area contributed by atoms with Gasteiger partial charge in [0.1, 0.15) is 11.5 Å². The third-order valence-electron chi connectivity index (χ3n) is 3.19. The maximum Gasteiger partial charge on any atom is 0.157 e. The van der Waals surface area contributed by atoms with E-state index in [9.17, 15) is 0 Å². The number of rotatable bonds is 4. The van der Waals surface area contributed by atoms with E-state index >= 15 is 0 Å². The summed E-state index contributed by atoms with van der Waals surface area (Å²) in [5, 5.41) is 5.52. The number of aromatic nitrogens is 3. The maximum absolute atomic E-state index is 5.49. The Hall–Kier alpha value is -2.60. The van der Waals surface area contributed by atoms with Crippen molar-refractivity contribution in [3.05, 3.63) is 59.4 Å². The molecular formula is C15H12N4OS. The van der Waals surface area contributed by atoms with Gasteiger partial charge in [-0.1, -0.05) is 6.07 Å². The quantitative estimate of drug-likeness (QED) is 0.624. The van der Waals surface area contributed by atoms with Gasteiger partial charge in [0, 0.05) is 17.3 Å². The first-order valence-corrected chi connectivity index (χ1v) is 7.42. The number of furan rings is 1. The number of anilines is 1. The predicted molar refractivity (Wildman–Crippen MR) is 82.3 cm³/mol. The highest BCUT2D eigenvalue weighted by molar-refractivity contribution is 7.09. The van der Waals surface area contributed by atoms with E-state index < -0.39 is 0 Å². The summed E-state index contributed by atoms with van der Waals surface area (Å²) in [6.45, 7) is 0.751. The van der Waals surface area contributed by atoms with Crippen molar-refractivity contribution in [2.45, 2.75) is 6.54 Å². The van der Waals surface area contributed by atoms with Crippen LogP contribution in [0.25, 0.3) is 17.1 Å². The first-order chi connectivity index (χ1) is 10.4. The molecule has 0 aliphatic carbocycles. The van der Waals surface area contributed by atoms with Gasteiger partial charge in [0.2, 0.25) is 0 Å². The lowest BCUT2D eigenvalue weighted by molar-refractivity contribution is 0.580. The SMILES string of the molecule is c1coc(-c2nc3cnccn3c2NCc2cccs2)c1. The lowest BCUT2D eigenvalue weighted by Gasteiger charge is -2.06. The summed E-state index contributed by atoms with van der Waals surface area (Å²) in [6.07, 6.45) is 7.03. The van der Waals surface area contributed by atoms with Gasteiger partial charge in [0.05, 0.1) is 19.0 Å². The first kappa shape index (κ1) is 12.2. The average molecular weight is 296 g/mol. The van der Waals surface area contributed by atoms with Crippen LogP contribution in [0.1, 0.15) is 4.88 Å². The van der Waals surface area contributed by atoms with Gasteiger partial charge in [-0.3, -0.25) is 9.38 Å². The molecular weight excluding hydrogens is 284 g/mol. The molecule has 104 valence electrons. The highest BCUT2D eigenvalue weighted by Gasteiger charge is 2.15. The molecule has 0 fully saturated rings. The molecule has 0 saturated carbocycles. The summed E-state index contributed by atoms with van der Waals surface area (Å²) in [4.78, 5) is 9.99. The fraction of sp³-hybridized carbons (Fsp3) is 0.0667. The zero-order valence-electron chi connectivity index (χ0n) is 11.1. The van der Waals surface area contributed by atoms with E-state index in [4.69, 9.17) is 4.42 Å². The van der Waals surface area contributed by atoms with Crippen molar-refractivity contribution in [1.82, 2.24) is 14.4 Å². The minimum Gasteiger partial charge on any atom is -0.463 e. The smallest absolute Gasteiger partial charge is 0.157 e. The Morgan fingerprint density at radius 2 is 2.29 bits per heavy atom. The molecule has 0 saturated heterocycles. The fourth-order valence-corrected chi connectivity index (χ4v) is 2.89. The summed E-state index contributed by atoms with van der Waals surface area (Å²) in [5.74, 6) is 1.66. The molecule has 0 spiro atoms. The Labute approximate surface area is 124 Å². The van der Waals surface area contributed by atoms with Gasteiger partial charge in [-0.2, -0.15) is 0 Å². The van der Waals surface area contributed by atoms with E-state index in [-0.39, 0.29) is 0 Å². The number of hydrogen-bond donors (Lipinski definition) is 1. The number of nitrogens with zero attached hydrogens (tertiary/aromatic N) is 3. The van der Waals surface area contributed by atoms with Crippen molar-refractivity contribution in [1.29, 1.82) is 0 Å². The van der Waals surface area contributed by atoms with E-state index in [1.165, 1.54) is 4.88 Å². The van der Waals surface area contributed by atoms with Crippen LogP contribution in [0.15, 0.2) is 58.9 Å². The standard InChI is InChI=1S/C15H12N4OS/c1-4-12(20-7-1)14-15(17-9-11-3-2-8-21-11)19-6-5-16-10-13(19)18-14/h1-8,10,17H,9H2. The van der Waals surface area contributed by atoms with Crippen LogP contribution < -0.4 is 5.32 Å². The Morgan fingerprint density at radius 3 is 3.10 bits per heavy atom. The van der Waals surface area contributed by atoms with Crippen molar-refractivity contribution in [2.24, 2.45) is 0 Å². The summed E-state index contributed by atoms with van der Waals surface area (Å²) < 4.78 is 7.48. The van der Waals surface area contributed by atoms with Crippen LogP contribution in [0.5, 0.6) is 0 Å². The van der Waals surface area contributed by atoms with Crippen LogP contribution in [0, 0.1) is 0 Å². The van der Waals surface area contributed by atoms with Crippen LogP contribution in [0.2, 0.25) is 0 Å². The molecule has 1 N–H and O–H groups in total. The predicted octanol–water partition coefficient (Wildman–Crippen LogP) is 3.66. The minimum absolute atomic E-state index is 0.743. The number of nitrogens with one attached hydrogen (secondary N) is 1. The molecule has 0 unspecified atom stereocenters. The average Bonchev–Trinajstić information content (AvgIpc) is 3.25. The second-order valence-electron chi connectivity index (χ2n) is 4.52. The minimum atomic E-state index is 0.743. The molecule has 4 heterocycles. The zero-order valence-corrected chi connectivity index (χ0v) is 11.9. The second-order valence-corrected chi connectivity index (χ2v) is 5.56. The molecule has 4 rings (SSSR count). The Balaban J connectivity index is 1.79. The number of fused-ring (bicyclic) bond motifs is 1. The van der Waals surface area contributed by atoms with Crippen molar-refractivity contribution >= 4 is 22.8 Å². The number of imidazole rings is 1. The number of thiophene rings is 1. The van der Waals surface area contributed by atoms with Gasteiger partial charge in [0.15, 0.2) is 11.4 Å². The molecule has 0 aromatic carbocycles. The topological polar surface area (TPSA) is 55.4 Å². The molecule has 0 radical (unpaired) electrons. The van der Waals surface area contributed by atoms with Crippen LogP contribution in [-0.4, -0.2) is 14.4 Å². The van der Waals surface area contributed by atoms with Crippen LogP contribution in [0.4, 0.5) is 5.82 Å². The van der Waals surface area contributed by atoms with Gasteiger partial charge in [-0.15, -0.1) is 11.3 Å². The highest BCUT2D eigenvalue weighted by Crippen LogP contribution is 2.29. The van der Waals surface area contributed by atoms with Crippen molar-refractivity contribution in [3.8, 4) is 11.5 Å². The zero-order chi connectivity index (χ0) is 14.1. The van der Waals surface area contributed by atoms with Crippen molar-refractivity contribution < 1.29 is 4.42 Å². The van der Waals surface area contributed by atoms with Crippen LogP contribution in [-0.2, 0) is 6.54 Å². The van der Waals surface area contributed by atoms with Gasteiger partial charge < -0.3 is 9.73 Å². The Kier molecular flexibility index (Phi) is 2.93. The first-order valence-electron chi connectivity index (χ1n) is 6.54. The summed E-state index contributed by atoms with van der Waals surface area (Å²) in [7, 11) is 0. The van der Waals surface area contributed by atoms with Gasteiger partial charge in [0.25, 0.3) is 0 Å².